The summed E-state index contributed by atoms with van der Waals surface area (Å²) in [6.07, 6.45) is 5.07. The van der Waals surface area contributed by atoms with E-state index in [1.54, 1.807) is 0 Å². The monoisotopic (exact) mass is 205 g/mol. The Morgan fingerprint density at radius 1 is 1.60 bits per heavy atom. The first-order chi connectivity index (χ1) is 7.24. The third-order valence-corrected chi connectivity index (χ3v) is 4.05. The molecule has 4 heteroatoms. The number of hydrogen-bond donors (Lipinski definition) is 1. The quantitative estimate of drug-likeness (QED) is 0.737. The van der Waals surface area contributed by atoms with Gasteiger partial charge < -0.3 is 5.32 Å². The van der Waals surface area contributed by atoms with Gasteiger partial charge in [-0.3, -0.25) is 9.48 Å². The second-order valence-electron chi connectivity index (χ2n) is 4.65. The highest BCUT2D eigenvalue weighted by molar-refractivity contribution is 5.87. The molecule has 4 nitrogen and oxygen atoms in total. The molecule has 0 bridgehead atoms. The van der Waals surface area contributed by atoms with Crippen LogP contribution in [0.2, 0.25) is 0 Å². The highest BCUT2D eigenvalue weighted by Gasteiger charge is 2.55. The summed E-state index contributed by atoms with van der Waals surface area (Å²) >= 11 is 0. The van der Waals surface area contributed by atoms with Crippen molar-refractivity contribution in [2.45, 2.75) is 25.2 Å². The lowest BCUT2D eigenvalue weighted by Crippen LogP contribution is -2.40. The van der Waals surface area contributed by atoms with Crippen molar-refractivity contribution in [2.75, 3.05) is 6.54 Å². The molecule has 15 heavy (non-hydrogen) atoms. The summed E-state index contributed by atoms with van der Waals surface area (Å²) in [5.41, 5.74) is 1.08. The highest BCUT2D eigenvalue weighted by Crippen LogP contribution is 2.53. The van der Waals surface area contributed by atoms with E-state index < -0.39 is 0 Å². The fourth-order valence-corrected chi connectivity index (χ4v) is 2.97. The minimum atomic E-state index is -0.103. The summed E-state index contributed by atoms with van der Waals surface area (Å²) in [5, 5.41) is 7.19. The predicted molar refractivity (Wildman–Crippen MR) is 55.2 cm³/mol. The van der Waals surface area contributed by atoms with E-state index >= 15 is 0 Å². The van der Waals surface area contributed by atoms with E-state index in [-0.39, 0.29) is 11.3 Å². The smallest absolute Gasteiger partial charge is 0.226 e. The lowest BCUT2D eigenvalue weighted by molar-refractivity contribution is -0.132. The van der Waals surface area contributed by atoms with E-state index in [2.05, 4.69) is 10.4 Å². The van der Waals surface area contributed by atoms with Gasteiger partial charge >= 0.3 is 0 Å². The largest absolute Gasteiger partial charge is 0.355 e. The molecule has 1 N–H and O–H groups in total. The molecule has 2 heterocycles. The van der Waals surface area contributed by atoms with Crippen molar-refractivity contribution >= 4 is 5.91 Å². The number of nitrogens with one attached hydrogen (secondary N) is 1. The lowest BCUT2D eigenvalue weighted by Gasteiger charge is -2.40. The van der Waals surface area contributed by atoms with Crippen LogP contribution in [0.4, 0.5) is 0 Å². The van der Waals surface area contributed by atoms with Gasteiger partial charge in [-0.1, -0.05) is 6.42 Å². The highest BCUT2D eigenvalue weighted by atomic mass is 16.2. The van der Waals surface area contributed by atoms with Crippen LogP contribution in [0, 0.1) is 5.41 Å². The Bertz CT molecular complexity index is 406. The normalized spacial score (nSPS) is 27.8. The van der Waals surface area contributed by atoms with E-state index in [9.17, 15) is 4.79 Å². The number of nitrogens with zero attached hydrogens (tertiary/aromatic N) is 2. The van der Waals surface area contributed by atoms with E-state index in [0.29, 0.717) is 5.92 Å². The molecule has 1 spiro atoms. The first-order valence-electron chi connectivity index (χ1n) is 5.50. The zero-order valence-corrected chi connectivity index (χ0v) is 8.86. The average Bonchev–Trinajstić information content (AvgIpc) is 2.67. The molecular formula is C11H15N3O. The zero-order chi connectivity index (χ0) is 10.5. The van der Waals surface area contributed by atoms with Crippen LogP contribution < -0.4 is 5.32 Å². The van der Waals surface area contributed by atoms with Gasteiger partial charge in [-0.15, -0.1) is 0 Å². The van der Waals surface area contributed by atoms with Crippen molar-refractivity contribution in [2.24, 2.45) is 12.5 Å². The third-order valence-electron chi connectivity index (χ3n) is 4.05. The fraction of sp³-hybridized carbons (Fsp3) is 0.636. The van der Waals surface area contributed by atoms with Gasteiger partial charge in [0, 0.05) is 31.4 Å². The standard InChI is InChI=1S/C11H15N3O/c1-14-9(3-6-13-14)8-7-12-10(15)11(8)4-2-5-11/h3,6,8H,2,4-5,7H2,1H3,(H,12,15). The summed E-state index contributed by atoms with van der Waals surface area (Å²) in [6, 6.07) is 2.03. The second-order valence-corrected chi connectivity index (χ2v) is 4.65. The fourth-order valence-electron chi connectivity index (χ4n) is 2.97. The average molecular weight is 205 g/mol. The van der Waals surface area contributed by atoms with Crippen LogP contribution in [0.3, 0.4) is 0 Å². The topological polar surface area (TPSA) is 46.9 Å². The molecule has 1 aromatic rings. The summed E-state index contributed by atoms with van der Waals surface area (Å²) in [4.78, 5) is 11.9. The summed E-state index contributed by atoms with van der Waals surface area (Å²) in [7, 11) is 1.95. The molecular weight excluding hydrogens is 190 g/mol. The van der Waals surface area contributed by atoms with E-state index in [0.717, 1.165) is 19.4 Å². The summed E-state index contributed by atoms with van der Waals surface area (Å²) in [6.45, 7) is 0.776. The van der Waals surface area contributed by atoms with Crippen molar-refractivity contribution < 1.29 is 4.79 Å². The Morgan fingerprint density at radius 2 is 2.40 bits per heavy atom. The lowest BCUT2D eigenvalue weighted by atomic mass is 9.61. The molecule has 80 valence electrons. The van der Waals surface area contributed by atoms with Gasteiger partial charge in [0.2, 0.25) is 5.91 Å². The van der Waals surface area contributed by atoms with Crippen molar-refractivity contribution in [3.05, 3.63) is 18.0 Å². The SMILES string of the molecule is Cn1nccc1C1CNC(=O)C12CCC2. The minimum Gasteiger partial charge on any atom is -0.355 e. The maximum Gasteiger partial charge on any atom is 0.226 e. The number of hydrogen-bond acceptors (Lipinski definition) is 2. The number of carbonyl (C=O) groups excluding carboxylic acids is 1. The second kappa shape index (κ2) is 2.84. The predicted octanol–water partition coefficient (Wildman–Crippen LogP) is 0.804. The van der Waals surface area contributed by atoms with E-state index in [1.165, 1.54) is 12.1 Å². The molecule has 2 aliphatic rings. The van der Waals surface area contributed by atoms with Crippen molar-refractivity contribution in [1.29, 1.82) is 0 Å². The van der Waals surface area contributed by atoms with Gasteiger partial charge in [0.1, 0.15) is 0 Å². The van der Waals surface area contributed by atoms with Gasteiger partial charge in [0.05, 0.1) is 5.41 Å². The minimum absolute atomic E-state index is 0.103. The molecule has 1 aliphatic heterocycles. The Labute approximate surface area is 88.7 Å². The van der Waals surface area contributed by atoms with Crippen LogP contribution in [0.1, 0.15) is 30.9 Å². The van der Waals surface area contributed by atoms with Gasteiger partial charge in [-0.05, 0) is 18.9 Å². The van der Waals surface area contributed by atoms with Crippen LogP contribution in [-0.4, -0.2) is 22.2 Å². The third kappa shape index (κ3) is 1.02. The molecule has 1 aliphatic carbocycles. The first kappa shape index (κ1) is 8.95. The van der Waals surface area contributed by atoms with E-state index in [4.69, 9.17) is 0 Å². The van der Waals surface area contributed by atoms with Gasteiger partial charge in [-0.2, -0.15) is 5.10 Å². The molecule has 0 aromatic carbocycles. The van der Waals surface area contributed by atoms with Crippen LogP contribution >= 0.6 is 0 Å². The Kier molecular flexibility index (Phi) is 1.69. The van der Waals surface area contributed by atoms with Gasteiger partial charge in [0.25, 0.3) is 0 Å². The zero-order valence-electron chi connectivity index (χ0n) is 8.86. The van der Waals surface area contributed by atoms with Crippen LogP contribution in [-0.2, 0) is 11.8 Å². The number of aryl methyl sites for hydroxylation is 1. The molecule has 1 unspecified atom stereocenters. The molecule has 1 atom stereocenters. The van der Waals surface area contributed by atoms with Crippen molar-refractivity contribution in [3.63, 3.8) is 0 Å². The number of rotatable bonds is 1. The Morgan fingerprint density at radius 3 is 2.93 bits per heavy atom. The number of carbonyl (C=O) groups is 1. The molecule has 0 radical (unpaired) electrons. The maximum absolute atomic E-state index is 11.9. The molecule has 2 fully saturated rings. The molecule has 1 amide bonds. The van der Waals surface area contributed by atoms with Crippen LogP contribution in [0.25, 0.3) is 0 Å². The van der Waals surface area contributed by atoms with Crippen molar-refractivity contribution in [3.8, 4) is 0 Å². The number of aromatic nitrogens is 2. The molecule has 1 saturated heterocycles. The van der Waals surface area contributed by atoms with Crippen LogP contribution in [0.5, 0.6) is 0 Å². The Balaban J connectivity index is 2.00. The van der Waals surface area contributed by atoms with Gasteiger partial charge in [-0.25, -0.2) is 0 Å². The number of amides is 1. The van der Waals surface area contributed by atoms with Crippen molar-refractivity contribution in [1.82, 2.24) is 15.1 Å². The molecule has 3 rings (SSSR count). The maximum atomic E-state index is 11.9. The summed E-state index contributed by atoms with van der Waals surface area (Å²) in [5.74, 6) is 0.575. The Hall–Kier alpha value is -1.32. The first-order valence-corrected chi connectivity index (χ1v) is 5.50. The van der Waals surface area contributed by atoms with Gasteiger partial charge in [0.15, 0.2) is 0 Å². The van der Waals surface area contributed by atoms with E-state index in [1.807, 2.05) is 24.0 Å². The molecule has 1 saturated carbocycles. The molecule has 1 aromatic heterocycles. The van der Waals surface area contributed by atoms with Crippen LogP contribution in [0.15, 0.2) is 12.3 Å². The summed E-state index contributed by atoms with van der Waals surface area (Å²) < 4.78 is 1.89.